The smallest absolute Gasteiger partial charge is 0.259 e. The molecule has 0 aromatic heterocycles. The van der Waals surface area contributed by atoms with E-state index < -0.39 is 84.8 Å². The molecule has 178 valence electrons. The van der Waals surface area contributed by atoms with Crippen molar-refractivity contribution in [3.63, 3.8) is 0 Å². The van der Waals surface area contributed by atoms with Gasteiger partial charge < -0.3 is 0 Å². The predicted molar refractivity (Wildman–Crippen MR) is 109 cm³/mol. The molecular formula is C16H14N2O12S3. The van der Waals surface area contributed by atoms with Crippen LogP contribution in [0.4, 0.5) is 11.4 Å². The molecule has 0 aliphatic carbocycles. The van der Waals surface area contributed by atoms with Crippen LogP contribution in [-0.2, 0) is 38.4 Å². The van der Waals surface area contributed by atoms with E-state index in [0.717, 1.165) is 36.4 Å². The molecule has 1 aliphatic heterocycles. The molecule has 2 aromatic carbocycles. The maximum atomic E-state index is 12.6. The van der Waals surface area contributed by atoms with E-state index in [1.54, 1.807) is 0 Å². The second-order valence-corrected chi connectivity index (χ2v) is 12.1. The first-order valence-corrected chi connectivity index (χ1v) is 13.4. The van der Waals surface area contributed by atoms with E-state index in [2.05, 4.69) is 0 Å². The van der Waals surface area contributed by atoms with E-state index in [-0.39, 0.29) is 0 Å². The Kier molecular flexibility index (Phi) is 6.53. The summed E-state index contributed by atoms with van der Waals surface area (Å²) < 4.78 is 84.1. The van der Waals surface area contributed by atoms with Gasteiger partial charge in [-0.15, -0.1) is 0 Å². The normalized spacial score (nSPS) is 20.4. The number of benzene rings is 2. The quantitative estimate of drug-likeness (QED) is 0.268. The summed E-state index contributed by atoms with van der Waals surface area (Å²) in [4.78, 5) is 18.8. The van der Waals surface area contributed by atoms with Crippen molar-refractivity contribution < 1.29 is 43.5 Å². The van der Waals surface area contributed by atoms with E-state index in [1.807, 2.05) is 0 Å². The Bertz CT molecular complexity index is 1330. The zero-order valence-electron chi connectivity index (χ0n) is 16.2. The van der Waals surface area contributed by atoms with E-state index in [0.29, 0.717) is 12.1 Å². The highest BCUT2D eigenvalue weighted by Crippen LogP contribution is 2.28. The minimum atomic E-state index is -4.75. The standard InChI is InChI=1S/C16H14N2O12S3/c19-17(20)11-3-1-5-13(7-11)32(25,26)29-15-9-31(23,24)10-16(15)30-33(27,28)14-6-2-4-12(8-14)18(21)22/h1-8,15-16H,9-10H2. The molecule has 1 aliphatic rings. The van der Waals surface area contributed by atoms with Crippen molar-refractivity contribution in [2.45, 2.75) is 22.0 Å². The van der Waals surface area contributed by atoms with Crippen LogP contribution in [0.5, 0.6) is 0 Å². The van der Waals surface area contributed by atoms with Crippen LogP contribution in [0.1, 0.15) is 0 Å². The fourth-order valence-corrected chi connectivity index (χ4v) is 7.06. The molecule has 0 spiro atoms. The summed E-state index contributed by atoms with van der Waals surface area (Å²) in [5.41, 5.74) is -1.14. The highest BCUT2D eigenvalue weighted by Gasteiger charge is 2.45. The Morgan fingerprint density at radius 3 is 1.45 bits per heavy atom. The first-order chi connectivity index (χ1) is 15.2. The Labute approximate surface area is 187 Å². The van der Waals surface area contributed by atoms with Crippen LogP contribution in [0.25, 0.3) is 0 Å². The van der Waals surface area contributed by atoms with Crippen LogP contribution >= 0.6 is 0 Å². The van der Waals surface area contributed by atoms with Gasteiger partial charge in [0.1, 0.15) is 22.0 Å². The monoisotopic (exact) mass is 522 g/mol. The van der Waals surface area contributed by atoms with Gasteiger partial charge in [-0.05, 0) is 12.1 Å². The van der Waals surface area contributed by atoms with Crippen LogP contribution in [0.15, 0.2) is 58.3 Å². The van der Waals surface area contributed by atoms with Gasteiger partial charge in [-0.2, -0.15) is 16.8 Å². The number of non-ortho nitro benzene ring substituents is 2. The van der Waals surface area contributed by atoms with Crippen LogP contribution in [0, 0.1) is 20.2 Å². The van der Waals surface area contributed by atoms with Crippen LogP contribution < -0.4 is 0 Å². The van der Waals surface area contributed by atoms with Gasteiger partial charge in [0.25, 0.3) is 31.6 Å². The number of hydrogen-bond acceptors (Lipinski definition) is 12. The predicted octanol–water partition coefficient (Wildman–Crippen LogP) is 0.779. The Morgan fingerprint density at radius 2 is 1.12 bits per heavy atom. The van der Waals surface area contributed by atoms with Gasteiger partial charge in [0.05, 0.1) is 21.4 Å². The Balaban J connectivity index is 1.89. The van der Waals surface area contributed by atoms with Crippen molar-refractivity contribution in [1.82, 2.24) is 0 Å². The molecule has 1 heterocycles. The highest BCUT2D eigenvalue weighted by atomic mass is 32.2. The summed E-state index contributed by atoms with van der Waals surface area (Å²) in [6, 6.07) is 7.51. The van der Waals surface area contributed by atoms with Crippen LogP contribution in [0.2, 0.25) is 0 Å². The van der Waals surface area contributed by atoms with E-state index in [9.17, 15) is 45.5 Å². The number of nitrogens with zero attached hydrogens (tertiary/aromatic N) is 2. The molecule has 0 radical (unpaired) electrons. The molecule has 0 bridgehead atoms. The van der Waals surface area contributed by atoms with E-state index >= 15 is 0 Å². The second-order valence-electron chi connectivity index (χ2n) is 6.76. The molecule has 3 rings (SSSR count). The van der Waals surface area contributed by atoms with Crippen molar-refractivity contribution >= 4 is 41.4 Å². The molecular weight excluding hydrogens is 508 g/mol. The minimum Gasteiger partial charge on any atom is -0.259 e. The highest BCUT2D eigenvalue weighted by molar-refractivity contribution is 7.92. The maximum absolute atomic E-state index is 12.6. The van der Waals surface area contributed by atoms with Crippen molar-refractivity contribution in [3.05, 3.63) is 68.8 Å². The Hall–Kier alpha value is -2.99. The molecule has 33 heavy (non-hydrogen) atoms. The largest absolute Gasteiger partial charge is 0.297 e. The third-order valence-electron chi connectivity index (χ3n) is 4.39. The van der Waals surface area contributed by atoms with Gasteiger partial charge in [0.15, 0.2) is 9.84 Å². The number of rotatable bonds is 8. The first kappa shape index (κ1) is 24.6. The average molecular weight is 522 g/mol. The molecule has 2 atom stereocenters. The van der Waals surface area contributed by atoms with Crippen molar-refractivity contribution in [1.29, 1.82) is 0 Å². The summed E-state index contributed by atoms with van der Waals surface area (Å²) in [5, 5.41) is 21.8. The lowest BCUT2D eigenvalue weighted by molar-refractivity contribution is -0.385. The summed E-state index contributed by atoms with van der Waals surface area (Å²) in [6.45, 7) is 0. The molecule has 0 saturated carbocycles. The van der Waals surface area contributed by atoms with Gasteiger partial charge in [0, 0.05) is 24.3 Å². The third-order valence-corrected chi connectivity index (χ3v) is 8.72. The number of nitro benzene ring substituents is 2. The molecule has 1 saturated heterocycles. The fraction of sp³-hybridized carbons (Fsp3) is 0.250. The zero-order valence-corrected chi connectivity index (χ0v) is 18.7. The van der Waals surface area contributed by atoms with Crippen molar-refractivity contribution in [2.24, 2.45) is 0 Å². The van der Waals surface area contributed by atoms with Gasteiger partial charge in [-0.1, -0.05) is 12.1 Å². The minimum absolute atomic E-state index is 0.570. The van der Waals surface area contributed by atoms with Gasteiger partial charge in [-0.3, -0.25) is 28.6 Å². The number of hydrogen-bond donors (Lipinski definition) is 0. The summed E-state index contributed by atoms with van der Waals surface area (Å²) in [6.07, 6.45) is -3.60. The Morgan fingerprint density at radius 1 is 0.758 bits per heavy atom. The lowest BCUT2D eigenvalue weighted by Crippen LogP contribution is -2.34. The maximum Gasteiger partial charge on any atom is 0.297 e. The number of nitro groups is 2. The van der Waals surface area contributed by atoms with Crippen LogP contribution in [0.3, 0.4) is 0 Å². The molecule has 0 N–H and O–H groups in total. The van der Waals surface area contributed by atoms with E-state index in [4.69, 9.17) is 8.37 Å². The second kappa shape index (κ2) is 8.75. The molecule has 2 unspecified atom stereocenters. The van der Waals surface area contributed by atoms with Gasteiger partial charge in [0.2, 0.25) is 0 Å². The first-order valence-electron chi connectivity index (χ1n) is 8.76. The summed E-state index contributed by atoms with van der Waals surface area (Å²) >= 11 is 0. The molecule has 17 heteroatoms. The molecule has 2 aromatic rings. The average Bonchev–Trinajstić information content (AvgIpc) is 2.99. The van der Waals surface area contributed by atoms with Crippen LogP contribution in [-0.4, -0.2) is 58.8 Å². The SMILES string of the molecule is O=[N+]([O-])c1cccc(S(=O)(=O)OC2CS(=O)(=O)CC2OS(=O)(=O)c2cccc([N+](=O)[O-])c2)c1. The van der Waals surface area contributed by atoms with Gasteiger partial charge in [-0.25, -0.2) is 8.42 Å². The molecule has 1 fully saturated rings. The summed E-state index contributed by atoms with van der Waals surface area (Å²) in [5.74, 6) is -1.81. The lowest BCUT2D eigenvalue weighted by Gasteiger charge is -2.18. The number of sulfone groups is 1. The zero-order chi connectivity index (χ0) is 24.6. The van der Waals surface area contributed by atoms with Crippen molar-refractivity contribution in [2.75, 3.05) is 11.5 Å². The molecule has 14 nitrogen and oxygen atoms in total. The van der Waals surface area contributed by atoms with E-state index in [1.165, 1.54) is 0 Å². The summed E-state index contributed by atoms with van der Waals surface area (Å²) in [7, 11) is -13.5. The molecule has 0 amide bonds. The topological polar surface area (TPSA) is 207 Å². The van der Waals surface area contributed by atoms with Crippen molar-refractivity contribution in [3.8, 4) is 0 Å². The lowest BCUT2D eigenvalue weighted by atomic mass is 10.3. The fourth-order valence-electron chi connectivity index (χ4n) is 2.90. The van der Waals surface area contributed by atoms with Gasteiger partial charge >= 0.3 is 0 Å². The third kappa shape index (κ3) is 5.69.